The number of aliphatic imine (C=N–C) groups is 1. The molecule has 0 aromatic rings. The van der Waals surface area contributed by atoms with Crippen LogP contribution in [0.4, 0.5) is 4.79 Å². The van der Waals surface area contributed by atoms with Gasteiger partial charge in [-0.1, -0.05) is 55.4 Å². The molecular weight excluding hydrogens is 899 g/mol. The molecule has 17 N–H and O–H groups in total. The highest BCUT2D eigenvalue weighted by molar-refractivity contribution is 5.97. The van der Waals surface area contributed by atoms with Crippen LogP contribution in [0.3, 0.4) is 0 Å². The molecule has 0 aliphatic rings. The zero-order valence-corrected chi connectivity index (χ0v) is 40.0. The van der Waals surface area contributed by atoms with E-state index in [2.05, 4.69) is 42.2 Å². The zero-order chi connectivity index (χ0) is 51.9. The van der Waals surface area contributed by atoms with Crippen molar-refractivity contribution in [3.8, 4) is 0 Å². The maximum Gasteiger partial charge on any atom is 0.408 e. The van der Waals surface area contributed by atoms with Crippen LogP contribution in [0.2, 0.25) is 0 Å². The molecule has 0 spiro atoms. The number of carbonyl (C=O) groups is 9. The highest BCUT2D eigenvalue weighted by atomic mass is 16.6. The van der Waals surface area contributed by atoms with E-state index < -0.39 is 145 Å². The topological polar surface area (TPSA) is 425 Å². The molecule has 0 unspecified atom stereocenters. The lowest BCUT2D eigenvalue weighted by molar-refractivity contribution is -0.143. The Hall–Kier alpha value is -5.86. The van der Waals surface area contributed by atoms with Crippen molar-refractivity contribution >= 4 is 59.4 Å². The molecule has 0 aliphatic heterocycles. The lowest BCUT2D eigenvalue weighted by Crippen LogP contribution is -2.62. The number of ether oxygens (including phenoxy) is 1. The number of aliphatic carboxylic acids is 1. The molecule has 8 amide bonds. The molecule has 0 bridgehead atoms. The van der Waals surface area contributed by atoms with E-state index in [1.807, 2.05) is 5.32 Å². The van der Waals surface area contributed by atoms with E-state index >= 15 is 0 Å². The van der Waals surface area contributed by atoms with Crippen LogP contribution in [0.25, 0.3) is 0 Å². The molecule has 26 nitrogen and oxygen atoms in total. The maximum atomic E-state index is 14.1. The fourth-order valence-corrected chi connectivity index (χ4v) is 5.91. The number of carboxylic acid groups (broad SMARTS) is 1. The van der Waals surface area contributed by atoms with Crippen LogP contribution >= 0.6 is 0 Å². The Bertz CT molecular complexity index is 1700. The third-order valence-electron chi connectivity index (χ3n) is 9.81. The molecule has 0 saturated heterocycles. The monoisotopic (exact) mass is 978 g/mol. The summed E-state index contributed by atoms with van der Waals surface area (Å²) < 4.78 is 5.28. The summed E-state index contributed by atoms with van der Waals surface area (Å²) in [7, 11) is 0. The first-order valence-electron chi connectivity index (χ1n) is 21.9. The van der Waals surface area contributed by atoms with Crippen molar-refractivity contribution in [1.29, 1.82) is 0 Å². The van der Waals surface area contributed by atoms with E-state index in [4.69, 9.17) is 26.4 Å². The highest BCUT2D eigenvalue weighted by Crippen LogP contribution is 2.14. The molecule has 0 aromatic heterocycles. The Morgan fingerprint density at radius 2 is 1.15 bits per heavy atom. The molecule has 0 rings (SSSR count). The van der Waals surface area contributed by atoms with E-state index in [1.165, 1.54) is 0 Å². The van der Waals surface area contributed by atoms with Gasteiger partial charge in [-0.05, 0) is 64.7 Å². The molecular formula is C42H79N11O15. The van der Waals surface area contributed by atoms with E-state index in [9.17, 15) is 58.5 Å². The summed E-state index contributed by atoms with van der Waals surface area (Å²) in [6.07, 6.45) is -3.62. The number of guanidine groups is 1. The second kappa shape index (κ2) is 31.2. The first-order valence-corrected chi connectivity index (χ1v) is 21.9. The van der Waals surface area contributed by atoms with Gasteiger partial charge >= 0.3 is 12.1 Å². The molecule has 0 aromatic carbocycles. The number of carbonyl (C=O) groups excluding carboxylic acids is 8. The number of nitrogens with zero attached hydrogens (tertiary/aromatic N) is 1. The maximum absolute atomic E-state index is 14.1. The number of hydrogen-bond donors (Lipinski definition) is 15. The minimum absolute atomic E-state index is 0. The second-order valence-corrected chi connectivity index (χ2v) is 17.8. The number of aliphatic hydroxyl groups excluding tert-OH is 4. The molecule has 26 heteroatoms. The van der Waals surface area contributed by atoms with Gasteiger partial charge in [0.25, 0.3) is 0 Å². The quantitative estimate of drug-likeness (QED) is 0.0194. The van der Waals surface area contributed by atoms with E-state index in [0.717, 1.165) is 6.92 Å². The van der Waals surface area contributed by atoms with Crippen LogP contribution in [0.1, 0.15) is 102 Å². The highest BCUT2D eigenvalue weighted by Gasteiger charge is 2.38. The van der Waals surface area contributed by atoms with Gasteiger partial charge in [-0.2, -0.15) is 0 Å². The van der Waals surface area contributed by atoms with Crippen LogP contribution in [0.5, 0.6) is 0 Å². The summed E-state index contributed by atoms with van der Waals surface area (Å²) in [5.74, 6) is -10.1. The van der Waals surface area contributed by atoms with E-state index in [-0.39, 0.29) is 45.1 Å². The van der Waals surface area contributed by atoms with Crippen LogP contribution in [-0.2, 0) is 43.1 Å². The van der Waals surface area contributed by atoms with Gasteiger partial charge in [-0.3, -0.25) is 38.6 Å². The number of hydrogen-bond acceptors (Lipinski definition) is 15. The summed E-state index contributed by atoms with van der Waals surface area (Å²) >= 11 is 0. The number of nitrogens with two attached hydrogens (primary N) is 2. The lowest BCUT2D eigenvalue weighted by Gasteiger charge is -2.31. The number of carboxylic acids is 1. The summed E-state index contributed by atoms with van der Waals surface area (Å²) in [6.45, 7) is 13.2. The summed E-state index contributed by atoms with van der Waals surface area (Å²) in [5, 5.41) is 67.9. The Kier molecular flexibility index (Phi) is 29.5. The third-order valence-corrected chi connectivity index (χ3v) is 9.81. The summed E-state index contributed by atoms with van der Waals surface area (Å²) in [4.78, 5) is 122. The first-order chi connectivity index (χ1) is 31.0. The Balaban J connectivity index is 0. The van der Waals surface area contributed by atoms with Crippen molar-refractivity contribution < 1.29 is 73.4 Å². The predicted molar refractivity (Wildman–Crippen MR) is 248 cm³/mol. The summed E-state index contributed by atoms with van der Waals surface area (Å²) in [6, 6.07) is -10.8. The van der Waals surface area contributed by atoms with Crippen molar-refractivity contribution in [1.82, 2.24) is 42.5 Å². The minimum atomic E-state index is -1.73. The molecule has 0 aliphatic carbocycles. The minimum Gasteiger partial charge on any atom is -0.480 e. The Morgan fingerprint density at radius 3 is 1.62 bits per heavy atom. The molecule has 0 saturated carbocycles. The van der Waals surface area contributed by atoms with Gasteiger partial charge in [-0.15, -0.1) is 0 Å². The van der Waals surface area contributed by atoms with Crippen molar-refractivity contribution in [2.24, 2.45) is 34.2 Å². The predicted octanol–water partition coefficient (Wildman–Crippen LogP) is -3.85. The zero-order valence-electron chi connectivity index (χ0n) is 40.0. The fourth-order valence-electron chi connectivity index (χ4n) is 5.91. The number of amides is 8. The van der Waals surface area contributed by atoms with Crippen LogP contribution < -0.4 is 54.0 Å². The second-order valence-electron chi connectivity index (χ2n) is 17.8. The van der Waals surface area contributed by atoms with Crippen LogP contribution in [0, 0.1) is 17.8 Å². The van der Waals surface area contributed by atoms with Crippen molar-refractivity contribution in [2.75, 3.05) is 26.3 Å². The normalized spacial score (nSPS) is 15.6. The van der Waals surface area contributed by atoms with Crippen molar-refractivity contribution in [3.63, 3.8) is 0 Å². The molecule has 10 atom stereocenters. The number of alkyl carbamates (subject to hydrolysis) is 1. The van der Waals surface area contributed by atoms with Gasteiger partial charge in [0.15, 0.2) is 5.96 Å². The van der Waals surface area contributed by atoms with Crippen molar-refractivity contribution in [3.05, 3.63) is 0 Å². The first kappa shape index (κ1) is 64.2. The van der Waals surface area contributed by atoms with Crippen LogP contribution in [0.15, 0.2) is 4.99 Å². The smallest absolute Gasteiger partial charge is 0.408 e. The van der Waals surface area contributed by atoms with E-state index in [1.54, 1.807) is 62.3 Å². The average molecular weight is 978 g/mol. The van der Waals surface area contributed by atoms with Gasteiger partial charge in [0.05, 0.1) is 32.0 Å². The van der Waals surface area contributed by atoms with Gasteiger partial charge in [0.2, 0.25) is 41.4 Å². The molecule has 392 valence electrons. The van der Waals surface area contributed by atoms with Crippen molar-refractivity contribution in [2.45, 2.75) is 162 Å². The summed E-state index contributed by atoms with van der Waals surface area (Å²) in [5.41, 5.74) is 9.98. The number of aliphatic hydroxyl groups is 4. The fraction of sp³-hybridized carbons (Fsp3) is 0.762. The largest absolute Gasteiger partial charge is 0.480 e. The van der Waals surface area contributed by atoms with Gasteiger partial charge < -0.3 is 84.3 Å². The lowest BCUT2D eigenvalue weighted by atomic mass is 9.96. The standard InChI is InChI=1S/C41H75N11O15.CH4/c1-11-21(6)28(36(62)51-29(22(7)55)35(61)45-16-27(56)46-25(17-53)34(60)49-26(18-54)38(64)65)50-32(58)23(13-12-14-44-39(42)43)47-33(59)24(15-19(2)3)48-37(63)30(31(57)20(4)5)52-40(66)67-41(8,9)10;/h19-26,28-31,53-55,57H,11-18H2,1-10H3,(H,45,61)(H,46,56)(H,47,59)(H,48,63)(H,49,60)(H,50,58)(H,51,62)(H,52,66)(H,64,65)(H4,42,43,44);1H4/t21-,22-,23+,24-,25-,26-,28-,29-,30-,31+;/m0./s1. The number of rotatable bonds is 29. The molecule has 0 fully saturated rings. The van der Waals surface area contributed by atoms with Crippen LogP contribution in [-0.4, -0.2) is 171 Å². The molecule has 68 heavy (non-hydrogen) atoms. The van der Waals surface area contributed by atoms with Gasteiger partial charge in [-0.25, -0.2) is 9.59 Å². The Labute approximate surface area is 397 Å². The van der Waals surface area contributed by atoms with Gasteiger partial charge in [0.1, 0.15) is 47.9 Å². The third kappa shape index (κ3) is 24.2. The molecule has 0 heterocycles. The number of nitrogens with one attached hydrogen (secondary N) is 8. The SMILES string of the molecule is C.CC[C@H](C)[C@H](NC(=O)[C@@H](CCCN=C(N)N)NC(=O)[C@H](CC(C)C)NC(=O)[C@@H](NC(=O)OC(C)(C)C)[C@H](O)C(C)C)C(=O)N[C@H](C(=O)NCC(=O)N[C@@H](CO)C(=O)N[C@@H](CO)C(=O)O)[C@H](C)O. The average Bonchev–Trinajstić information content (AvgIpc) is 3.22. The molecule has 0 radical (unpaired) electrons. The Morgan fingerprint density at radius 1 is 0.647 bits per heavy atom. The van der Waals surface area contributed by atoms with E-state index in [0.29, 0.717) is 6.42 Å². The van der Waals surface area contributed by atoms with Gasteiger partial charge in [0, 0.05) is 6.54 Å².